The van der Waals surface area contributed by atoms with Crippen LogP contribution in [-0.2, 0) is 14.3 Å². The number of amides is 4. The van der Waals surface area contributed by atoms with Gasteiger partial charge in [0.1, 0.15) is 22.7 Å². The van der Waals surface area contributed by atoms with Gasteiger partial charge in [0.15, 0.2) is 0 Å². The molecule has 4 atom stereocenters. The molecule has 2 bridgehead atoms. The maximum Gasteiger partial charge on any atom is 0.407 e. The molecular weight excluding hydrogens is 676 g/mol. The quantitative estimate of drug-likeness (QED) is 0.149. The van der Waals surface area contributed by atoms with Crippen LogP contribution < -0.4 is 10.6 Å². The number of alkyl carbamates (subject to hydrolysis) is 1. The lowest BCUT2D eigenvalue weighted by Gasteiger charge is -2.36. The molecule has 2 aromatic heterocycles. The molecule has 4 amide bonds. The van der Waals surface area contributed by atoms with Gasteiger partial charge in [0.05, 0.1) is 43.0 Å². The molecule has 2 aromatic carbocycles. The Labute approximate surface area is 305 Å². The summed E-state index contributed by atoms with van der Waals surface area (Å²) in [6, 6.07) is 16.3. The lowest BCUT2D eigenvalue weighted by Crippen LogP contribution is -2.53. The highest BCUT2D eigenvalue weighted by molar-refractivity contribution is 5.94. The van der Waals surface area contributed by atoms with E-state index in [2.05, 4.69) is 74.1 Å². The van der Waals surface area contributed by atoms with Crippen LogP contribution in [0.25, 0.3) is 33.6 Å². The standard InChI is InChI=1S/C39H42N8O6/c1-53-37(52)45-38(14-15-38)34(48)46-18-2-3-30(46)32-40-20-28(42-32)24-8-4-22(5-9-24)23-6-10-25(11-7-23)29-21-41-33(43-29)31-26-12-13-27(19-26)47(31)35(49)39(16-17-39)44-36(50)51/h4-11,20-21,26-27,30-31,44H,2-3,12-19H2,1H3,(H,40,42)(H,41,43)(H,45,52)(H,50,51)/t26-,27-,30-,31+/m0/s1. The van der Waals surface area contributed by atoms with Crippen molar-refractivity contribution in [2.75, 3.05) is 13.7 Å². The number of nitrogens with zero attached hydrogens (tertiary/aromatic N) is 4. The number of ether oxygens (including phenoxy) is 1. The fourth-order valence-corrected chi connectivity index (χ4v) is 8.91. The second-order valence-corrected chi connectivity index (χ2v) is 15.3. The van der Waals surface area contributed by atoms with Crippen LogP contribution in [0.1, 0.15) is 81.5 Å². The minimum absolute atomic E-state index is 0.0791. The molecule has 274 valence electrons. The predicted molar refractivity (Wildman–Crippen MR) is 192 cm³/mol. The topological polar surface area (TPSA) is 186 Å². The Morgan fingerprint density at radius 3 is 1.92 bits per heavy atom. The number of likely N-dealkylation sites (tertiary alicyclic amines) is 2. The van der Waals surface area contributed by atoms with E-state index in [9.17, 15) is 24.3 Å². The van der Waals surface area contributed by atoms with Crippen LogP contribution in [0.5, 0.6) is 0 Å². The molecule has 53 heavy (non-hydrogen) atoms. The highest BCUT2D eigenvalue weighted by Crippen LogP contribution is 2.52. The monoisotopic (exact) mass is 718 g/mol. The number of hydrogen-bond acceptors (Lipinski definition) is 7. The van der Waals surface area contributed by atoms with Crippen LogP contribution in [0.15, 0.2) is 60.9 Å². The van der Waals surface area contributed by atoms with Crippen molar-refractivity contribution < 1.29 is 29.0 Å². The SMILES string of the molecule is COC(=O)NC1(C(=O)N2CCC[C@H]2c2ncc(-c3ccc(-c4ccc(-c5cnc([C@H]6[C@H]7CC[C@@H](C7)N6C(=O)C6(NC(=O)O)CC6)[nH]5)cc4)cc3)[nH]2)CC1. The Morgan fingerprint density at radius 1 is 0.774 bits per heavy atom. The van der Waals surface area contributed by atoms with E-state index >= 15 is 0 Å². The highest BCUT2D eigenvalue weighted by atomic mass is 16.5. The zero-order chi connectivity index (χ0) is 36.5. The first kappa shape index (κ1) is 33.2. The fraction of sp³-hybridized carbons (Fsp3) is 0.436. The molecule has 4 aromatic rings. The van der Waals surface area contributed by atoms with E-state index in [0.717, 1.165) is 77.4 Å². The first-order chi connectivity index (χ1) is 25.7. The van der Waals surface area contributed by atoms with Crippen molar-refractivity contribution in [1.29, 1.82) is 0 Å². The summed E-state index contributed by atoms with van der Waals surface area (Å²) in [7, 11) is 1.30. The van der Waals surface area contributed by atoms with Crippen LogP contribution in [0.4, 0.5) is 9.59 Å². The largest absolute Gasteiger partial charge is 0.465 e. The smallest absolute Gasteiger partial charge is 0.407 e. The van der Waals surface area contributed by atoms with Gasteiger partial charge >= 0.3 is 12.2 Å². The Morgan fingerprint density at radius 2 is 1.34 bits per heavy atom. The number of carbonyl (C=O) groups is 4. The number of H-pyrrole nitrogens is 2. The van der Waals surface area contributed by atoms with Crippen molar-refractivity contribution in [2.45, 2.75) is 87.0 Å². The summed E-state index contributed by atoms with van der Waals surface area (Å²) in [5.41, 5.74) is 3.95. The van der Waals surface area contributed by atoms with E-state index in [0.29, 0.717) is 38.1 Å². The lowest BCUT2D eigenvalue weighted by molar-refractivity contribution is -0.139. The molecule has 5 fully saturated rings. The third-order valence-corrected chi connectivity index (χ3v) is 12.0. The van der Waals surface area contributed by atoms with Crippen LogP contribution in [0.3, 0.4) is 0 Å². The molecule has 0 spiro atoms. The number of imidazole rings is 2. The zero-order valence-electron chi connectivity index (χ0n) is 29.4. The second kappa shape index (κ2) is 12.5. The lowest BCUT2D eigenvalue weighted by atomic mass is 9.97. The summed E-state index contributed by atoms with van der Waals surface area (Å²) < 4.78 is 4.75. The molecular formula is C39H42N8O6. The number of hydrogen-bond donors (Lipinski definition) is 5. The van der Waals surface area contributed by atoms with Gasteiger partial charge in [-0.25, -0.2) is 19.6 Å². The molecule has 2 aliphatic heterocycles. The summed E-state index contributed by atoms with van der Waals surface area (Å²) in [6.45, 7) is 0.620. The number of carboxylic acid groups (broad SMARTS) is 1. The van der Waals surface area contributed by atoms with Gasteiger partial charge in [0.25, 0.3) is 0 Å². The van der Waals surface area contributed by atoms with Crippen LogP contribution in [0, 0.1) is 5.92 Å². The summed E-state index contributed by atoms with van der Waals surface area (Å²) >= 11 is 0. The molecule has 3 aliphatic carbocycles. The number of aromatic amines is 2. The first-order valence-corrected chi connectivity index (χ1v) is 18.5. The van der Waals surface area contributed by atoms with Crippen molar-refractivity contribution >= 4 is 24.0 Å². The Balaban J connectivity index is 0.868. The average Bonchev–Trinajstić information content (AvgIpc) is 3.66. The fourth-order valence-electron chi connectivity index (χ4n) is 8.91. The maximum absolute atomic E-state index is 13.7. The number of methoxy groups -OCH3 is 1. The minimum atomic E-state index is -1.16. The highest BCUT2D eigenvalue weighted by Gasteiger charge is 2.60. The number of carbonyl (C=O) groups excluding carboxylic acids is 3. The average molecular weight is 719 g/mol. The number of aromatic nitrogens is 4. The molecule has 5 N–H and O–H groups in total. The number of fused-ring (bicyclic) bond motifs is 2. The van der Waals surface area contributed by atoms with Crippen molar-refractivity contribution in [3.8, 4) is 33.6 Å². The summed E-state index contributed by atoms with van der Waals surface area (Å²) in [5.74, 6) is 1.60. The van der Waals surface area contributed by atoms with Gasteiger partial charge in [-0.05, 0) is 86.0 Å². The van der Waals surface area contributed by atoms with Crippen molar-refractivity contribution in [3.05, 3.63) is 72.6 Å². The summed E-state index contributed by atoms with van der Waals surface area (Å²) in [4.78, 5) is 70.5. The maximum atomic E-state index is 13.7. The number of piperidine rings is 1. The zero-order valence-corrected chi connectivity index (χ0v) is 29.4. The third kappa shape index (κ3) is 5.80. The Kier molecular flexibility index (Phi) is 7.82. The van der Waals surface area contributed by atoms with Gasteiger partial charge in [0.2, 0.25) is 11.8 Å². The first-order valence-electron chi connectivity index (χ1n) is 18.5. The number of nitrogens with one attached hydrogen (secondary N) is 4. The predicted octanol–water partition coefficient (Wildman–Crippen LogP) is 5.54. The molecule has 0 radical (unpaired) electrons. The van der Waals surface area contributed by atoms with E-state index in [4.69, 9.17) is 9.72 Å². The van der Waals surface area contributed by atoms with Crippen LogP contribution in [0.2, 0.25) is 0 Å². The third-order valence-electron chi connectivity index (χ3n) is 12.0. The van der Waals surface area contributed by atoms with E-state index in [1.807, 2.05) is 16.0 Å². The van der Waals surface area contributed by atoms with Crippen molar-refractivity contribution in [2.24, 2.45) is 5.92 Å². The number of rotatable bonds is 9. The Bertz CT molecular complexity index is 2080. The van der Waals surface area contributed by atoms with E-state index in [-0.39, 0.29) is 29.9 Å². The number of benzene rings is 2. The molecule has 5 aliphatic rings. The molecule has 2 saturated heterocycles. The van der Waals surface area contributed by atoms with Crippen molar-refractivity contribution in [1.82, 2.24) is 40.4 Å². The normalized spacial score (nSPS) is 24.5. The van der Waals surface area contributed by atoms with Gasteiger partial charge in [-0.15, -0.1) is 0 Å². The Hall–Kier alpha value is -5.66. The molecule has 3 saturated carbocycles. The molecule has 14 heteroatoms. The molecule has 14 nitrogen and oxygen atoms in total. The van der Waals surface area contributed by atoms with Gasteiger partial charge in [-0.2, -0.15) is 0 Å². The second-order valence-electron chi connectivity index (χ2n) is 15.3. The van der Waals surface area contributed by atoms with Crippen LogP contribution >= 0.6 is 0 Å². The van der Waals surface area contributed by atoms with Gasteiger partial charge in [0, 0.05) is 12.6 Å². The summed E-state index contributed by atoms with van der Waals surface area (Å²) in [5, 5.41) is 14.6. The molecule has 9 rings (SSSR count). The molecule has 4 heterocycles. The van der Waals surface area contributed by atoms with E-state index < -0.39 is 23.3 Å². The minimum Gasteiger partial charge on any atom is -0.465 e. The van der Waals surface area contributed by atoms with E-state index in [1.54, 1.807) is 6.20 Å². The van der Waals surface area contributed by atoms with Crippen LogP contribution in [-0.4, -0.2) is 89.6 Å². The van der Waals surface area contributed by atoms with Gasteiger partial charge in [-0.3, -0.25) is 9.59 Å². The van der Waals surface area contributed by atoms with Gasteiger partial charge in [-0.1, -0.05) is 48.5 Å². The van der Waals surface area contributed by atoms with Crippen molar-refractivity contribution in [3.63, 3.8) is 0 Å². The molecule has 0 unspecified atom stereocenters. The van der Waals surface area contributed by atoms with Gasteiger partial charge < -0.3 is 40.2 Å². The van der Waals surface area contributed by atoms with E-state index in [1.165, 1.54) is 7.11 Å². The summed E-state index contributed by atoms with van der Waals surface area (Å²) in [6.07, 6.45) is 8.70.